The Kier molecular flexibility index (Phi) is 10.0. The minimum absolute atomic E-state index is 0.119. The van der Waals surface area contributed by atoms with Crippen molar-refractivity contribution in [2.45, 2.75) is 0 Å². The highest BCUT2D eigenvalue weighted by molar-refractivity contribution is 6.15. The van der Waals surface area contributed by atoms with Crippen LogP contribution in [-0.4, -0.2) is 58.5 Å². The Labute approximate surface area is 342 Å². The molecule has 0 bridgehead atoms. The van der Waals surface area contributed by atoms with E-state index in [1.54, 1.807) is 87.0 Å². The zero-order valence-electron chi connectivity index (χ0n) is 32.1. The number of carbonyl (C=O) groups is 4. The number of ether oxygens (including phenoxy) is 2. The quantitative estimate of drug-likeness (QED) is 0.0989. The Morgan fingerprint density at radius 3 is 0.883 bits per heavy atom. The molecular weight excluding hydrogens is 761 g/mol. The van der Waals surface area contributed by atoms with Crippen LogP contribution in [0.15, 0.2) is 146 Å². The normalized spacial score (nSPS) is 11.0. The molecule has 4 N–H and O–H groups in total. The molecule has 10 heteroatoms. The summed E-state index contributed by atoms with van der Waals surface area (Å²) in [5.41, 5.74) is 7.85. The van der Waals surface area contributed by atoms with Gasteiger partial charge in [0, 0.05) is 22.3 Å². The molecule has 0 fully saturated rings. The third kappa shape index (κ3) is 7.03. The monoisotopic (exact) mass is 794 g/mol. The number of methoxy groups -OCH3 is 2. The summed E-state index contributed by atoms with van der Waals surface area (Å²) in [6.45, 7) is 0. The molecule has 0 amide bonds. The summed E-state index contributed by atoms with van der Waals surface area (Å²) < 4.78 is 12.7. The number of carboxylic acids is 4. The Hall–Kier alpha value is -8.24. The molecule has 8 aromatic rings. The van der Waals surface area contributed by atoms with E-state index < -0.39 is 23.9 Å². The van der Waals surface area contributed by atoms with Gasteiger partial charge in [-0.15, -0.1) is 0 Å². The first-order valence-electron chi connectivity index (χ1n) is 18.6. The van der Waals surface area contributed by atoms with E-state index in [2.05, 4.69) is 0 Å². The number of hydrogen-bond donors (Lipinski definition) is 4. The van der Waals surface area contributed by atoms with Crippen LogP contribution in [-0.2, 0) is 0 Å². The van der Waals surface area contributed by atoms with Crippen LogP contribution in [0.1, 0.15) is 41.4 Å². The van der Waals surface area contributed by atoms with E-state index in [0.717, 1.165) is 43.8 Å². The zero-order valence-corrected chi connectivity index (χ0v) is 32.1. The van der Waals surface area contributed by atoms with E-state index >= 15 is 0 Å². The van der Waals surface area contributed by atoms with Gasteiger partial charge in [0.05, 0.1) is 36.5 Å². The van der Waals surface area contributed by atoms with Crippen molar-refractivity contribution < 1.29 is 49.1 Å². The molecule has 0 heterocycles. The van der Waals surface area contributed by atoms with Gasteiger partial charge in [-0.05, 0) is 128 Å². The van der Waals surface area contributed by atoms with E-state index in [1.807, 2.05) is 48.5 Å². The number of fused-ring (bicyclic) bond motifs is 2. The molecule has 0 saturated heterocycles. The SMILES string of the molecule is COc1c(-c2ccc(C(=O)O)cc2)cc2cc(-c3ccc(C(=O)O)cc3)ccc2c1-c1c(OC)c(-c2ccc(C(=O)O)cc2)cc2cc(-c3ccc(C(=O)O)cc3)ccc12. The molecule has 8 rings (SSSR count). The molecule has 10 nitrogen and oxygen atoms in total. The van der Waals surface area contributed by atoms with E-state index in [1.165, 1.54) is 24.3 Å². The molecule has 8 aromatic carbocycles. The van der Waals surface area contributed by atoms with Gasteiger partial charge in [-0.25, -0.2) is 19.2 Å². The van der Waals surface area contributed by atoms with E-state index in [9.17, 15) is 39.6 Å². The third-order valence-electron chi connectivity index (χ3n) is 10.7. The maximum atomic E-state index is 11.8. The predicted molar refractivity (Wildman–Crippen MR) is 230 cm³/mol. The Bertz CT molecular complexity index is 2810. The number of aromatic carboxylic acids is 4. The molecule has 0 aliphatic heterocycles. The van der Waals surface area contributed by atoms with Gasteiger partial charge < -0.3 is 29.9 Å². The van der Waals surface area contributed by atoms with Crippen LogP contribution < -0.4 is 9.47 Å². The number of benzene rings is 8. The second-order valence-corrected chi connectivity index (χ2v) is 14.1. The molecule has 0 spiro atoms. The fourth-order valence-corrected chi connectivity index (χ4v) is 7.68. The topological polar surface area (TPSA) is 168 Å². The lowest BCUT2D eigenvalue weighted by Gasteiger charge is -2.23. The molecule has 60 heavy (non-hydrogen) atoms. The first-order chi connectivity index (χ1) is 28.9. The van der Waals surface area contributed by atoms with E-state index in [-0.39, 0.29) is 22.3 Å². The van der Waals surface area contributed by atoms with Crippen LogP contribution in [0.3, 0.4) is 0 Å². The second kappa shape index (κ2) is 15.6. The molecule has 294 valence electrons. The van der Waals surface area contributed by atoms with Crippen molar-refractivity contribution in [3.05, 3.63) is 168 Å². The summed E-state index contributed by atoms with van der Waals surface area (Å²) >= 11 is 0. The summed E-state index contributed by atoms with van der Waals surface area (Å²) in [6, 6.07) is 42.1. The smallest absolute Gasteiger partial charge is 0.335 e. The number of rotatable bonds is 11. The molecule has 0 radical (unpaired) electrons. The van der Waals surface area contributed by atoms with Crippen LogP contribution in [0.2, 0.25) is 0 Å². The summed E-state index contributed by atoms with van der Waals surface area (Å²) in [4.78, 5) is 46.9. The highest BCUT2D eigenvalue weighted by atomic mass is 16.5. The van der Waals surface area contributed by atoms with Crippen LogP contribution >= 0.6 is 0 Å². The van der Waals surface area contributed by atoms with Gasteiger partial charge in [-0.2, -0.15) is 0 Å². The largest absolute Gasteiger partial charge is 0.495 e. The molecule has 0 unspecified atom stereocenters. The van der Waals surface area contributed by atoms with Gasteiger partial charge in [0.2, 0.25) is 0 Å². The van der Waals surface area contributed by atoms with Crippen molar-refractivity contribution in [1.29, 1.82) is 0 Å². The molecule has 0 saturated carbocycles. The Morgan fingerprint density at radius 1 is 0.350 bits per heavy atom. The lowest BCUT2D eigenvalue weighted by molar-refractivity contribution is 0.0686. The van der Waals surface area contributed by atoms with Gasteiger partial charge in [0.25, 0.3) is 0 Å². The summed E-state index contributed by atoms with van der Waals surface area (Å²) in [7, 11) is 3.14. The van der Waals surface area contributed by atoms with Gasteiger partial charge in [0.15, 0.2) is 0 Å². The van der Waals surface area contributed by atoms with Gasteiger partial charge >= 0.3 is 23.9 Å². The highest BCUT2D eigenvalue weighted by Gasteiger charge is 2.26. The van der Waals surface area contributed by atoms with Crippen molar-refractivity contribution in [2.75, 3.05) is 14.2 Å². The third-order valence-corrected chi connectivity index (χ3v) is 10.7. The zero-order chi connectivity index (χ0) is 42.2. The summed E-state index contributed by atoms with van der Waals surface area (Å²) in [6.07, 6.45) is 0. The average Bonchev–Trinajstić information content (AvgIpc) is 3.27. The second-order valence-electron chi connectivity index (χ2n) is 14.1. The van der Waals surface area contributed by atoms with Crippen LogP contribution in [0, 0.1) is 0 Å². The first-order valence-corrected chi connectivity index (χ1v) is 18.6. The lowest BCUT2D eigenvalue weighted by Crippen LogP contribution is -2.00. The van der Waals surface area contributed by atoms with Crippen molar-refractivity contribution in [2.24, 2.45) is 0 Å². The first kappa shape index (κ1) is 38.6. The van der Waals surface area contributed by atoms with Gasteiger partial charge in [0.1, 0.15) is 11.5 Å². The highest BCUT2D eigenvalue weighted by Crippen LogP contribution is 2.53. The van der Waals surface area contributed by atoms with E-state index in [4.69, 9.17) is 9.47 Å². The van der Waals surface area contributed by atoms with Crippen molar-refractivity contribution in [3.8, 4) is 67.1 Å². The standard InChI is InChI=1S/C50H34O10/c1-59-45-41(29-7-15-33(16-8-29)49(55)56)25-37-23-35(27-3-11-31(12-4-27)47(51)52)19-21-39(37)43(45)44-40-22-20-36(28-5-13-32(14-6-28)48(53)54)24-38(40)26-42(46(44)60-2)30-9-17-34(18-10-30)50(57)58/h3-26H,1-2H3,(H,51,52)(H,53,54)(H,55,56)(H,57,58). The Morgan fingerprint density at radius 2 is 0.617 bits per heavy atom. The van der Waals surface area contributed by atoms with Crippen LogP contribution in [0.25, 0.3) is 77.2 Å². The maximum absolute atomic E-state index is 11.8. The molecule has 0 aliphatic rings. The predicted octanol–water partition coefficient (Wildman–Crippen LogP) is 11.1. The van der Waals surface area contributed by atoms with Crippen molar-refractivity contribution >= 4 is 45.4 Å². The van der Waals surface area contributed by atoms with Crippen LogP contribution in [0.5, 0.6) is 11.5 Å². The minimum atomic E-state index is -1.06. The minimum Gasteiger partial charge on any atom is -0.495 e. The maximum Gasteiger partial charge on any atom is 0.335 e. The fraction of sp³-hybridized carbons (Fsp3) is 0.0400. The average molecular weight is 795 g/mol. The van der Waals surface area contributed by atoms with Crippen molar-refractivity contribution in [1.82, 2.24) is 0 Å². The van der Waals surface area contributed by atoms with Gasteiger partial charge in [-0.3, -0.25) is 0 Å². The molecule has 0 aromatic heterocycles. The van der Waals surface area contributed by atoms with Crippen LogP contribution in [0.4, 0.5) is 0 Å². The fourth-order valence-electron chi connectivity index (χ4n) is 7.68. The molecule has 0 atom stereocenters. The number of hydrogen-bond acceptors (Lipinski definition) is 6. The number of carboxylic acid groups (broad SMARTS) is 4. The molecular formula is C50H34O10. The summed E-state index contributed by atoms with van der Waals surface area (Å²) in [5, 5.41) is 41.6. The van der Waals surface area contributed by atoms with E-state index in [0.29, 0.717) is 44.9 Å². The van der Waals surface area contributed by atoms with Crippen molar-refractivity contribution in [3.63, 3.8) is 0 Å². The lowest BCUT2D eigenvalue weighted by atomic mass is 9.85. The Balaban J connectivity index is 1.47. The molecule has 0 aliphatic carbocycles. The van der Waals surface area contributed by atoms with Gasteiger partial charge in [-0.1, -0.05) is 72.8 Å². The summed E-state index contributed by atoms with van der Waals surface area (Å²) in [5.74, 6) is -3.22.